The van der Waals surface area contributed by atoms with Gasteiger partial charge in [0.25, 0.3) is 0 Å². The lowest BCUT2D eigenvalue weighted by Crippen LogP contribution is -1.97. The van der Waals surface area contributed by atoms with E-state index < -0.39 is 0 Å². The Morgan fingerprint density at radius 3 is 2.20 bits per heavy atom. The molecule has 0 aliphatic carbocycles. The number of nitrogens with zero attached hydrogens (tertiary/aromatic N) is 2. The van der Waals surface area contributed by atoms with Crippen LogP contribution in [0, 0.1) is 0 Å². The maximum absolute atomic E-state index is 6.51. The SMILES string of the molecule is CCCC(CCC)c1nnc(C(Cl)c2ccccc2)s1. The third kappa shape index (κ3) is 3.80. The molecule has 2 rings (SSSR count). The molecule has 1 heterocycles. The highest BCUT2D eigenvalue weighted by Gasteiger charge is 2.20. The first-order valence-corrected chi connectivity index (χ1v) is 8.53. The van der Waals surface area contributed by atoms with Crippen molar-refractivity contribution in [2.75, 3.05) is 0 Å². The third-order valence-corrected chi connectivity index (χ3v) is 5.13. The molecule has 1 atom stereocenters. The molecular formula is C16H21ClN2S. The second-order valence-electron chi connectivity index (χ2n) is 5.03. The van der Waals surface area contributed by atoms with E-state index in [0.29, 0.717) is 5.92 Å². The molecule has 0 N–H and O–H groups in total. The number of hydrogen-bond donors (Lipinski definition) is 0. The van der Waals surface area contributed by atoms with E-state index >= 15 is 0 Å². The molecule has 1 aromatic heterocycles. The van der Waals surface area contributed by atoms with Gasteiger partial charge in [-0.2, -0.15) is 0 Å². The Morgan fingerprint density at radius 2 is 1.60 bits per heavy atom. The summed E-state index contributed by atoms with van der Waals surface area (Å²) in [5, 5.41) is 10.6. The molecule has 2 aromatic rings. The summed E-state index contributed by atoms with van der Waals surface area (Å²) >= 11 is 8.18. The Morgan fingerprint density at radius 1 is 1.00 bits per heavy atom. The van der Waals surface area contributed by atoms with Crippen molar-refractivity contribution in [3.8, 4) is 0 Å². The summed E-state index contributed by atoms with van der Waals surface area (Å²) in [6.07, 6.45) is 4.73. The normalized spacial score (nSPS) is 12.8. The molecule has 0 saturated carbocycles. The third-order valence-electron chi connectivity index (χ3n) is 3.39. The van der Waals surface area contributed by atoms with Gasteiger partial charge < -0.3 is 0 Å². The summed E-state index contributed by atoms with van der Waals surface area (Å²) in [7, 11) is 0. The van der Waals surface area contributed by atoms with Crippen LogP contribution in [0.1, 0.15) is 66.4 Å². The summed E-state index contributed by atoms with van der Waals surface area (Å²) in [6, 6.07) is 10.1. The molecule has 0 spiro atoms. The van der Waals surface area contributed by atoms with E-state index in [1.165, 1.54) is 25.7 Å². The van der Waals surface area contributed by atoms with Crippen LogP contribution in [0.5, 0.6) is 0 Å². The highest BCUT2D eigenvalue weighted by atomic mass is 35.5. The van der Waals surface area contributed by atoms with Crippen molar-refractivity contribution >= 4 is 22.9 Å². The van der Waals surface area contributed by atoms with Gasteiger partial charge in [0.15, 0.2) is 0 Å². The maximum Gasteiger partial charge on any atom is 0.139 e. The Bertz CT molecular complexity index is 506. The van der Waals surface area contributed by atoms with Gasteiger partial charge >= 0.3 is 0 Å². The Kier molecular flexibility index (Phi) is 5.99. The minimum Gasteiger partial charge on any atom is -0.143 e. The van der Waals surface area contributed by atoms with Crippen molar-refractivity contribution in [3.63, 3.8) is 0 Å². The minimum atomic E-state index is -0.189. The summed E-state index contributed by atoms with van der Waals surface area (Å²) < 4.78 is 0. The second-order valence-corrected chi connectivity index (χ2v) is 6.50. The van der Waals surface area contributed by atoms with Gasteiger partial charge in [0.05, 0.1) is 0 Å². The number of alkyl halides is 1. The zero-order valence-electron chi connectivity index (χ0n) is 12.1. The molecule has 4 heteroatoms. The van der Waals surface area contributed by atoms with Crippen molar-refractivity contribution in [1.29, 1.82) is 0 Å². The van der Waals surface area contributed by atoms with Crippen molar-refractivity contribution in [3.05, 3.63) is 45.9 Å². The smallest absolute Gasteiger partial charge is 0.139 e. The zero-order chi connectivity index (χ0) is 14.4. The Balaban J connectivity index is 2.15. The van der Waals surface area contributed by atoms with Gasteiger partial charge in [-0.15, -0.1) is 21.8 Å². The van der Waals surface area contributed by atoms with E-state index in [-0.39, 0.29) is 5.38 Å². The van der Waals surface area contributed by atoms with Crippen molar-refractivity contribution in [1.82, 2.24) is 10.2 Å². The van der Waals surface area contributed by atoms with E-state index in [1.807, 2.05) is 30.3 Å². The highest BCUT2D eigenvalue weighted by molar-refractivity contribution is 7.11. The fourth-order valence-electron chi connectivity index (χ4n) is 2.37. The highest BCUT2D eigenvalue weighted by Crippen LogP contribution is 2.35. The Hall–Kier alpha value is -0.930. The van der Waals surface area contributed by atoms with Gasteiger partial charge in [-0.05, 0) is 18.4 Å². The molecule has 2 nitrogen and oxygen atoms in total. The summed E-state index contributed by atoms with van der Waals surface area (Å²) in [6.45, 7) is 4.44. The predicted molar refractivity (Wildman–Crippen MR) is 86.6 cm³/mol. The van der Waals surface area contributed by atoms with Crippen LogP contribution in [0.15, 0.2) is 30.3 Å². The fourth-order valence-corrected chi connectivity index (χ4v) is 3.71. The van der Waals surface area contributed by atoms with Crippen LogP contribution >= 0.6 is 22.9 Å². The predicted octanol–water partition coefficient (Wildman–Crippen LogP) is 5.55. The van der Waals surface area contributed by atoms with E-state index in [0.717, 1.165) is 15.6 Å². The number of rotatable bonds is 7. The Labute approximate surface area is 130 Å². The number of benzene rings is 1. The van der Waals surface area contributed by atoms with Crippen LogP contribution in [0.4, 0.5) is 0 Å². The molecule has 20 heavy (non-hydrogen) atoms. The molecule has 0 aliphatic rings. The first kappa shape index (κ1) is 15.5. The molecule has 0 saturated heterocycles. The molecule has 0 fully saturated rings. The maximum atomic E-state index is 6.51. The fraction of sp³-hybridized carbons (Fsp3) is 0.500. The van der Waals surface area contributed by atoms with Crippen molar-refractivity contribution in [2.24, 2.45) is 0 Å². The lowest BCUT2D eigenvalue weighted by molar-refractivity contribution is 0.554. The minimum absolute atomic E-state index is 0.189. The van der Waals surface area contributed by atoms with Crippen molar-refractivity contribution in [2.45, 2.75) is 50.8 Å². The second kappa shape index (κ2) is 7.75. The van der Waals surface area contributed by atoms with Crippen LogP contribution in [0.3, 0.4) is 0 Å². The van der Waals surface area contributed by atoms with E-state index in [4.69, 9.17) is 11.6 Å². The average molecular weight is 309 g/mol. The number of hydrogen-bond acceptors (Lipinski definition) is 3. The largest absolute Gasteiger partial charge is 0.143 e. The quantitative estimate of drug-likeness (QED) is 0.627. The molecule has 0 amide bonds. The summed E-state index contributed by atoms with van der Waals surface area (Å²) in [5.74, 6) is 0.538. The van der Waals surface area contributed by atoms with Gasteiger partial charge in [-0.3, -0.25) is 0 Å². The van der Waals surface area contributed by atoms with Gasteiger partial charge in [0, 0.05) is 5.92 Å². The van der Waals surface area contributed by atoms with Crippen molar-refractivity contribution < 1.29 is 0 Å². The van der Waals surface area contributed by atoms with Gasteiger partial charge in [-0.25, -0.2) is 0 Å². The first-order valence-electron chi connectivity index (χ1n) is 7.28. The monoisotopic (exact) mass is 308 g/mol. The van der Waals surface area contributed by atoms with Gasteiger partial charge in [0.2, 0.25) is 0 Å². The summed E-state index contributed by atoms with van der Waals surface area (Å²) in [4.78, 5) is 0. The van der Waals surface area contributed by atoms with Crippen LogP contribution in [-0.4, -0.2) is 10.2 Å². The van der Waals surface area contributed by atoms with E-state index in [2.05, 4.69) is 24.0 Å². The molecule has 1 aromatic carbocycles. The van der Waals surface area contributed by atoms with E-state index in [1.54, 1.807) is 11.3 Å². The summed E-state index contributed by atoms with van der Waals surface area (Å²) in [5.41, 5.74) is 1.08. The number of halogens is 1. The molecule has 0 radical (unpaired) electrons. The van der Waals surface area contributed by atoms with E-state index in [9.17, 15) is 0 Å². The number of aromatic nitrogens is 2. The van der Waals surface area contributed by atoms with Crippen LogP contribution < -0.4 is 0 Å². The average Bonchev–Trinajstić information content (AvgIpc) is 2.97. The van der Waals surface area contributed by atoms with Crippen LogP contribution in [-0.2, 0) is 0 Å². The first-order chi connectivity index (χ1) is 9.76. The lowest BCUT2D eigenvalue weighted by atomic mass is 9.99. The lowest BCUT2D eigenvalue weighted by Gasteiger charge is -2.10. The van der Waals surface area contributed by atoms with Gasteiger partial charge in [0.1, 0.15) is 15.4 Å². The molecule has 1 unspecified atom stereocenters. The standard InChI is InChI=1S/C16H21ClN2S/c1-3-8-13(9-4-2)15-18-19-16(20-15)14(17)12-10-6-5-7-11-12/h5-7,10-11,13-14H,3-4,8-9H2,1-2H3. The molecule has 0 aliphatic heterocycles. The molecule has 108 valence electrons. The topological polar surface area (TPSA) is 25.8 Å². The molecular weight excluding hydrogens is 288 g/mol. The zero-order valence-corrected chi connectivity index (χ0v) is 13.6. The van der Waals surface area contributed by atoms with Crippen LogP contribution in [0.2, 0.25) is 0 Å². The van der Waals surface area contributed by atoms with Gasteiger partial charge in [-0.1, -0.05) is 68.4 Å². The molecule has 0 bridgehead atoms. The van der Waals surface area contributed by atoms with Crippen LogP contribution in [0.25, 0.3) is 0 Å².